The van der Waals surface area contributed by atoms with Gasteiger partial charge in [0.15, 0.2) is 12.2 Å². The molecular formula is C20H23NO5. The Labute approximate surface area is 153 Å². The number of para-hydroxylation sites is 1. The summed E-state index contributed by atoms with van der Waals surface area (Å²) in [6.07, 6.45) is -1.28. The molecule has 0 fully saturated rings. The maximum absolute atomic E-state index is 12.3. The fourth-order valence-corrected chi connectivity index (χ4v) is 2.18. The molecule has 2 aromatic rings. The highest BCUT2D eigenvalue weighted by molar-refractivity contribution is 5.95. The summed E-state index contributed by atoms with van der Waals surface area (Å²) < 4.78 is 15.9. The van der Waals surface area contributed by atoms with Gasteiger partial charge < -0.3 is 19.5 Å². The molecule has 0 aliphatic rings. The zero-order valence-electron chi connectivity index (χ0n) is 15.1. The highest BCUT2D eigenvalue weighted by Crippen LogP contribution is 2.16. The number of carbonyl (C=O) groups is 2. The van der Waals surface area contributed by atoms with Gasteiger partial charge in [-0.2, -0.15) is 0 Å². The summed E-state index contributed by atoms with van der Waals surface area (Å²) in [6, 6.07) is 15.9. The normalized spacial score (nSPS) is 12.6. The third-order valence-corrected chi connectivity index (χ3v) is 3.67. The molecule has 1 N–H and O–H groups in total. The first kappa shape index (κ1) is 19.3. The van der Waals surface area contributed by atoms with E-state index in [4.69, 9.17) is 14.2 Å². The molecule has 0 aliphatic carbocycles. The Balaban J connectivity index is 1.90. The van der Waals surface area contributed by atoms with E-state index in [1.807, 2.05) is 25.1 Å². The van der Waals surface area contributed by atoms with Crippen LogP contribution in [0, 0.1) is 0 Å². The molecule has 0 saturated heterocycles. The molecule has 138 valence electrons. The van der Waals surface area contributed by atoms with Gasteiger partial charge in [-0.15, -0.1) is 0 Å². The van der Waals surface area contributed by atoms with Crippen LogP contribution in [-0.2, 0) is 14.3 Å². The number of benzene rings is 2. The molecule has 26 heavy (non-hydrogen) atoms. The number of amides is 1. The van der Waals surface area contributed by atoms with Gasteiger partial charge in [0.1, 0.15) is 11.5 Å². The van der Waals surface area contributed by atoms with E-state index >= 15 is 0 Å². The van der Waals surface area contributed by atoms with E-state index in [-0.39, 0.29) is 0 Å². The highest BCUT2D eigenvalue weighted by Gasteiger charge is 2.25. The maximum atomic E-state index is 12.3. The Morgan fingerprint density at radius 3 is 2.23 bits per heavy atom. The third-order valence-electron chi connectivity index (χ3n) is 3.67. The fraction of sp³-hybridized carbons (Fsp3) is 0.300. The topological polar surface area (TPSA) is 73.9 Å². The van der Waals surface area contributed by atoms with E-state index in [0.717, 1.165) is 0 Å². The lowest BCUT2D eigenvalue weighted by Crippen LogP contribution is -2.36. The Hall–Kier alpha value is -3.02. The zero-order chi connectivity index (χ0) is 18.9. The number of ether oxygens (including phenoxy) is 3. The third kappa shape index (κ3) is 5.51. The SMILES string of the molecule is CC[C@H](Oc1ccccc1)C(=O)O[C@H](C)C(=O)Nc1ccc(OC)cc1. The minimum Gasteiger partial charge on any atom is -0.497 e. The van der Waals surface area contributed by atoms with Crippen molar-refractivity contribution >= 4 is 17.6 Å². The second-order valence-corrected chi connectivity index (χ2v) is 5.62. The quantitative estimate of drug-likeness (QED) is 0.733. The summed E-state index contributed by atoms with van der Waals surface area (Å²) >= 11 is 0. The van der Waals surface area contributed by atoms with Gasteiger partial charge in [-0.25, -0.2) is 4.79 Å². The Bertz CT molecular complexity index is 715. The number of carbonyl (C=O) groups excluding carboxylic acids is 2. The molecule has 0 saturated carbocycles. The molecule has 6 heteroatoms. The van der Waals surface area contributed by atoms with Gasteiger partial charge in [-0.05, 0) is 49.7 Å². The monoisotopic (exact) mass is 357 g/mol. The van der Waals surface area contributed by atoms with E-state index in [1.165, 1.54) is 6.92 Å². The van der Waals surface area contributed by atoms with Crippen LogP contribution in [0.3, 0.4) is 0 Å². The minimum atomic E-state index is -0.946. The average Bonchev–Trinajstić information content (AvgIpc) is 2.67. The first-order chi connectivity index (χ1) is 12.5. The molecule has 2 atom stereocenters. The molecule has 0 unspecified atom stereocenters. The number of hydrogen-bond acceptors (Lipinski definition) is 5. The van der Waals surface area contributed by atoms with Crippen LogP contribution in [0.15, 0.2) is 54.6 Å². The predicted molar refractivity (Wildman–Crippen MR) is 98.3 cm³/mol. The smallest absolute Gasteiger partial charge is 0.348 e. The Morgan fingerprint density at radius 2 is 1.65 bits per heavy atom. The summed E-state index contributed by atoms with van der Waals surface area (Å²) in [5.41, 5.74) is 0.589. The summed E-state index contributed by atoms with van der Waals surface area (Å²) in [5, 5.41) is 2.69. The molecule has 0 bridgehead atoms. The summed E-state index contributed by atoms with van der Waals surface area (Å²) in [5.74, 6) is 0.268. The van der Waals surface area contributed by atoms with Crippen LogP contribution in [-0.4, -0.2) is 31.2 Å². The standard InChI is InChI=1S/C20H23NO5/c1-4-18(26-17-8-6-5-7-9-17)20(23)25-14(2)19(22)21-15-10-12-16(24-3)13-11-15/h5-14,18H,4H2,1-3H3,(H,21,22)/t14-,18+/m1/s1. The number of esters is 1. The largest absolute Gasteiger partial charge is 0.497 e. The highest BCUT2D eigenvalue weighted by atomic mass is 16.6. The van der Waals surface area contributed by atoms with Crippen molar-refractivity contribution in [2.75, 3.05) is 12.4 Å². The number of methoxy groups -OCH3 is 1. The van der Waals surface area contributed by atoms with Crippen LogP contribution < -0.4 is 14.8 Å². The number of nitrogens with one attached hydrogen (secondary N) is 1. The second kappa shape index (κ2) is 9.46. The van der Waals surface area contributed by atoms with Crippen LogP contribution in [0.2, 0.25) is 0 Å². The average molecular weight is 357 g/mol. The summed E-state index contributed by atoms with van der Waals surface area (Å²) in [4.78, 5) is 24.5. The van der Waals surface area contributed by atoms with Gasteiger partial charge in [-0.3, -0.25) is 4.79 Å². The van der Waals surface area contributed by atoms with Gasteiger partial charge >= 0.3 is 5.97 Å². The van der Waals surface area contributed by atoms with Gasteiger partial charge in [-0.1, -0.05) is 25.1 Å². The minimum absolute atomic E-state index is 0.418. The summed E-state index contributed by atoms with van der Waals surface area (Å²) in [7, 11) is 1.57. The van der Waals surface area contributed by atoms with E-state index in [9.17, 15) is 9.59 Å². The molecule has 1 amide bonds. The lowest BCUT2D eigenvalue weighted by atomic mass is 10.2. The molecule has 6 nitrogen and oxygen atoms in total. The molecule has 0 radical (unpaired) electrons. The molecule has 2 rings (SSSR count). The van der Waals surface area contributed by atoms with E-state index in [2.05, 4.69) is 5.32 Å². The van der Waals surface area contributed by atoms with E-state index in [1.54, 1.807) is 43.5 Å². The van der Waals surface area contributed by atoms with Gasteiger partial charge in [0.2, 0.25) is 0 Å². The molecular weight excluding hydrogens is 334 g/mol. The van der Waals surface area contributed by atoms with Gasteiger partial charge in [0, 0.05) is 5.69 Å². The zero-order valence-corrected chi connectivity index (χ0v) is 15.1. The van der Waals surface area contributed by atoms with Crippen molar-refractivity contribution in [2.24, 2.45) is 0 Å². The maximum Gasteiger partial charge on any atom is 0.348 e. The fourth-order valence-electron chi connectivity index (χ4n) is 2.18. The van der Waals surface area contributed by atoms with Crippen LogP contribution >= 0.6 is 0 Å². The lowest BCUT2D eigenvalue weighted by Gasteiger charge is -2.19. The number of rotatable bonds is 8. The molecule has 0 heterocycles. The van der Waals surface area contributed by atoms with Crippen molar-refractivity contribution in [3.8, 4) is 11.5 Å². The van der Waals surface area contributed by atoms with E-state index in [0.29, 0.717) is 23.6 Å². The number of anilines is 1. The van der Waals surface area contributed by atoms with Crippen LogP contribution in [0.25, 0.3) is 0 Å². The Morgan fingerprint density at radius 1 is 1.00 bits per heavy atom. The van der Waals surface area contributed by atoms with Crippen molar-refractivity contribution in [3.63, 3.8) is 0 Å². The molecule has 2 aromatic carbocycles. The lowest BCUT2D eigenvalue weighted by molar-refractivity contribution is -0.160. The van der Waals surface area contributed by atoms with Crippen LogP contribution in [0.1, 0.15) is 20.3 Å². The van der Waals surface area contributed by atoms with Crippen molar-refractivity contribution in [1.82, 2.24) is 0 Å². The molecule has 0 aromatic heterocycles. The van der Waals surface area contributed by atoms with Crippen molar-refractivity contribution in [3.05, 3.63) is 54.6 Å². The Kier molecular flexibility index (Phi) is 7.02. The van der Waals surface area contributed by atoms with Crippen LogP contribution in [0.5, 0.6) is 11.5 Å². The van der Waals surface area contributed by atoms with Gasteiger partial charge in [0.05, 0.1) is 7.11 Å². The van der Waals surface area contributed by atoms with Crippen LogP contribution in [0.4, 0.5) is 5.69 Å². The van der Waals surface area contributed by atoms with E-state index < -0.39 is 24.1 Å². The summed E-state index contributed by atoms with van der Waals surface area (Å²) in [6.45, 7) is 3.34. The molecule has 0 spiro atoms. The first-order valence-electron chi connectivity index (χ1n) is 8.40. The molecule has 0 aliphatic heterocycles. The predicted octanol–water partition coefficient (Wildman–Crippen LogP) is 3.42. The number of hydrogen-bond donors (Lipinski definition) is 1. The van der Waals surface area contributed by atoms with Gasteiger partial charge in [0.25, 0.3) is 5.91 Å². The van der Waals surface area contributed by atoms with Crippen molar-refractivity contribution in [2.45, 2.75) is 32.5 Å². The second-order valence-electron chi connectivity index (χ2n) is 5.62. The van der Waals surface area contributed by atoms with Crippen molar-refractivity contribution in [1.29, 1.82) is 0 Å². The van der Waals surface area contributed by atoms with Crippen molar-refractivity contribution < 1.29 is 23.8 Å². The first-order valence-corrected chi connectivity index (χ1v) is 8.40.